The summed E-state index contributed by atoms with van der Waals surface area (Å²) in [5, 5.41) is 4.13. The van der Waals surface area contributed by atoms with Crippen molar-refractivity contribution in [3.63, 3.8) is 0 Å². The Balaban J connectivity index is 1.66. The summed E-state index contributed by atoms with van der Waals surface area (Å²) < 4.78 is 6.51. The molecule has 132 valence electrons. The van der Waals surface area contributed by atoms with Gasteiger partial charge in [-0.25, -0.2) is 4.98 Å². The number of rotatable bonds is 3. The van der Waals surface area contributed by atoms with Crippen LogP contribution in [0.1, 0.15) is 20.8 Å². The molecule has 0 saturated carbocycles. The molecule has 26 heavy (non-hydrogen) atoms. The number of nitrogens with zero attached hydrogens (tertiary/aromatic N) is 1. The number of benzene rings is 2. The maximum Gasteiger partial charge on any atom is 0.258 e. The average molecular weight is 470 g/mol. The third-order valence-electron chi connectivity index (χ3n) is 4.11. The van der Waals surface area contributed by atoms with Crippen LogP contribution in [0, 0.1) is 0 Å². The molecule has 0 radical (unpaired) electrons. The minimum atomic E-state index is -0.319. The molecule has 0 aliphatic heterocycles. The smallest absolute Gasteiger partial charge is 0.258 e. The Morgan fingerprint density at radius 1 is 1.31 bits per heavy atom. The van der Waals surface area contributed by atoms with Crippen LogP contribution in [0.5, 0.6) is 5.75 Å². The second kappa shape index (κ2) is 6.85. The summed E-state index contributed by atoms with van der Waals surface area (Å²) in [5.74, 6) is 0.450. The summed E-state index contributed by atoms with van der Waals surface area (Å²) in [4.78, 5) is 18.2. The molecule has 0 fully saturated rings. The maximum absolute atomic E-state index is 12.5. The molecule has 0 atom stereocenters. The number of thiazole rings is 1. The number of nitrogens with one attached hydrogen (secondary N) is 1. The molecule has 1 amide bonds. The lowest BCUT2D eigenvalue weighted by molar-refractivity contribution is 0.102. The van der Waals surface area contributed by atoms with Gasteiger partial charge >= 0.3 is 0 Å². The molecule has 1 aliphatic carbocycles. The molecule has 4 rings (SSSR count). The van der Waals surface area contributed by atoms with Crippen LogP contribution in [0.25, 0.3) is 11.3 Å². The van der Waals surface area contributed by atoms with Gasteiger partial charge in [0.15, 0.2) is 5.13 Å². The van der Waals surface area contributed by atoms with Crippen LogP contribution in [-0.4, -0.2) is 18.0 Å². The number of ether oxygens (including phenoxy) is 1. The normalized spacial score (nSPS) is 11.8. The van der Waals surface area contributed by atoms with Gasteiger partial charge in [-0.15, -0.1) is 11.3 Å². The van der Waals surface area contributed by atoms with Gasteiger partial charge in [-0.3, -0.25) is 10.1 Å². The third kappa shape index (κ3) is 3.01. The fourth-order valence-corrected chi connectivity index (χ4v) is 4.86. The van der Waals surface area contributed by atoms with Crippen LogP contribution in [0.3, 0.4) is 0 Å². The van der Waals surface area contributed by atoms with Crippen molar-refractivity contribution in [2.75, 3.05) is 12.4 Å². The van der Waals surface area contributed by atoms with Gasteiger partial charge in [0.05, 0.1) is 23.4 Å². The van der Waals surface area contributed by atoms with Crippen molar-refractivity contribution in [2.45, 2.75) is 6.42 Å². The number of carbonyl (C=O) groups excluding carboxylic acids is 1. The van der Waals surface area contributed by atoms with E-state index in [4.69, 9.17) is 27.9 Å². The van der Waals surface area contributed by atoms with Gasteiger partial charge in [0.2, 0.25) is 0 Å². The topological polar surface area (TPSA) is 51.2 Å². The first kappa shape index (κ1) is 17.8. The first-order valence-corrected chi connectivity index (χ1v) is 9.96. The second-order valence-electron chi connectivity index (χ2n) is 5.65. The van der Waals surface area contributed by atoms with Crippen molar-refractivity contribution in [3.8, 4) is 17.0 Å². The van der Waals surface area contributed by atoms with Crippen LogP contribution in [0.2, 0.25) is 10.0 Å². The molecule has 1 aliphatic rings. The van der Waals surface area contributed by atoms with Gasteiger partial charge in [0.25, 0.3) is 5.91 Å². The zero-order valence-electron chi connectivity index (χ0n) is 13.4. The molecule has 3 aromatic rings. The highest BCUT2D eigenvalue weighted by molar-refractivity contribution is 9.10. The quantitative estimate of drug-likeness (QED) is 0.397. The van der Waals surface area contributed by atoms with Gasteiger partial charge < -0.3 is 4.74 Å². The number of amides is 1. The van der Waals surface area contributed by atoms with Gasteiger partial charge in [-0.1, -0.05) is 39.1 Å². The monoisotopic (exact) mass is 468 g/mol. The molecule has 0 bridgehead atoms. The second-order valence-corrected chi connectivity index (χ2v) is 8.43. The van der Waals surface area contributed by atoms with E-state index in [2.05, 4.69) is 26.2 Å². The van der Waals surface area contributed by atoms with Crippen molar-refractivity contribution in [1.29, 1.82) is 0 Å². The molecule has 1 heterocycles. The molecule has 4 nitrogen and oxygen atoms in total. The zero-order chi connectivity index (χ0) is 18.4. The molecular formula is C18H11BrCl2N2O2S. The predicted octanol–water partition coefficient (Wildman–Crippen LogP) is 6.04. The summed E-state index contributed by atoms with van der Waals surface area (Å²) in [5.41, 5.74) is 3.32. The van der Waals surface area contributed by atoms with Gasteiger partial charge in [0, 0.05) is 26.4 Å². The van der Waals surface area contributed by atoms with E-state index < -0.39 is 0 Å². The number of carbonyl (C=O) groups is 1. The highest BCUT2D eigenvalue weighted by Crippen LogP contribution is 2.48. The highest BCUT2D eigenvalue weighted by Gasteiger charge is 2.29. The summed E-state index contributed by atoms with van der Waals surface area (Å²) in [6, 6.07) is 8.64. The Morgan fingerprint density at radius 2 is 2.12 bits per heavy atom. The molecule has 8 heteroatoms. The molecule has 1 aromatic heterocycles. The molecular weight excluding hydrogens is 459 g/mol. The number of aromatic nitrogens is 1. The van der Waals surface area contributed by atoms with E-state index in [9.17, 15) is 4.79 Å². The Labute approximate surface area is 172 Å². The van der Waals surface area contributed by atoms with Crippen LogP contribution < -0.4 is 10.1 Å². The largest absolute Gasteiger partial charge is 0.496 e. The number of hydrogen-bond acceptors (Lipinski definition) is 4. The Bertz CT molecular complexity index is 1050. The summed E-state index contributed by atoms with van der Waals surface area (Å²) in [6.07, 6.45) is 0.748. The fraction of sp³-hybridized carbons (Fsp3) is 0.111. The summed E-state index contributed by atoms with van der Waals surface area (Å²) >= 11 is 17.0. The van der Waals surface area contributed by atoms with Crippen molar-refractivity contribution in [3.05, 3.63) is 60.9 Å². The number of halogens is 3. The first-order chi connectivity index (χ1) is 12.5. The predicted molar refractivity (Wildman–Crippen MR) is 109 cm³/mol. The van der Waals surface area contributed by atoms with Crippen LogP contribution in [-0.2, 0) is 6.42 Å². The molecule has 2 aromatic carbocycles. The lowest BCUT2D eigenvalue weighted by atomic mass is 10.1. The third-order valence-corrected chi connectivity index (χ3v) is 6.37. The lowest BCUT2D eigenvalue weighted by Gasteiger charge is -2.09. The molecule has 0 unspecified atom stereocenters. The van der Waals surface area contributed by atoms with Crippen molar-refractivity contribution in [1.82, 2.24) is 4.98 Å². The first-order valence-electron chi connectivity index (χ1n) is 7.59. The van der Waals surface area contributed by atoms with Gasteiger partial charge in [-0.2, -0.15) is 0 Å². The average Bonchev–Trinajstić information content (AvgIpc) is 3.13. The van der Waals surface area contributed by atoms with E-state index in [1.165, 1.54) is 11.3 Å². The lowest BCUT2D eigenvalue weighted by Crippen LogP contribution is -2.12. The van der Waals surface area contributed by atoms with E-state index in [0.29, 0.717) is 20.7 Å². The number of anilines is 1. The molecule has 0 spiro atoms. The van der Waals surface area contributed by atoms with E-state index in [0.717, 1.165) is 38.3 Å². The Kier molecular flexibility index (Phi) is 4.69. The Morgan fingerprint density at radius 3 is 2.85 bits per heavy atom. The van der Waals surface area contributed by atoms with Crippen molar-refractivity contribution >= 4 is 61.5 Å². The van der Waals surface area contributed by atoms with Gasteiger partial charge in [0.1, 0.15) is 5.75 Å². The summed E-state index contributed by atoms with van der Waals surface area (Å²) in [6.45, 7) is 0. The van der Waals surface area contributed by atoms with E-state index in [1.807, 2.05) is 12.1 Å². The zero-order valence-corrected chi connectivity index (χ0v) is 17.3. The van der Waals surface area contributed by atoms with Gasteiger partial charge in [-0.05, 0) is 35.9 Å². The van der Waals surface area contributed by atoms with E-state index >= 15 is 0 Å². The maximum atomic E-state index is 12.5. The standard InChI is InChI=1S/C18H11BrCl2N2O2S/c1-25-13-5-4-11(19)10-7-14-16(15(10)13)22-18(26-14)23-17(24)9-3-2-8(20)6-12(9)21/h2-6H,7H2,1H3,(H,22,23,24). The van der Waals surface area contributed by atoms with Crippen LogP contribution in [0.15, 0.2) is 34.8 Å². The van der Waals surface area contributed by atoms with E-state index in [1.54, 1.807) is 25.3 Å². The molecule has 0 saturated heterocycles. The van der Waals surface area contributed by atoms with Crippen molar-refractivity contribution < 1.29 is 9.53 Å². The molecule has 1 N–H and O–H groups in total. The minimum absolute atomic E-state index is 0.301. The van der Waals surface area contributed by atoms with Crippen molar-refractivity contribution in [2.24, 2.45) is 0 Å². The number of hydrogen-bond donors (Lipinski definition) is 1. The Hall–Kier alpha value is -1.60. The number of fused-ring (bicyclic) bond motifs is 3. The summed E-state index contributed by atoms with van der Waals surface area (Å²) in [7, 11) is 1.64. The SMILES string of the molecule is COc1ccc(Br)c2c1-c1nc(NC(=O)c3ccc(Cl)cc3Cl)sc1C2. The number of methoxy groups -OCH3 is 1. The minimum Gasteiger partial charge on any atom is -0.496 e. The fourth-order valence-electron chi connectivity index (χ4n) is 2.92. The van der Waals surface area contributed by atoms with E-state index in [-0.39, 0.29) is 5.91 Å². The highest BCUT2D eigenvalue weighted by atomic mass is 79.9. The van der Waals surface area contributed by atoms with Crippen LogP contribution in [0.4, 0.5) is 5.13 Å². The van der Waals surface area contributed by atoms with Crippen LogP contribution >= 0.6 is 50.5 Å².